The minimum atomic E-state index is -4.83. The number of nitrogens with one attached hydrogen (secondary N) is 1. The number of carbonyl (C=O) groups is 2. The molecular formula is C30H21F6N7O4S. The number of thioether (sulfide) groups is 1. The smallest absolute Gasteiger partial charge is 0.491 e. The molecule has 1 fully saturated rings. The van der Waals surface area contributed by atoms with Gasteiger partial charge < -0.3 is 14.8 Å². The van der Waals surface area contributed by atoms with Crippen LogP contribution in [0.4, 0.5) is 42.5 Å². The molecule has 1 aliphatic rings. The monoisotopic (exact) mass is 689 g/mol. The van der Waals surface area contributed by atoms with Crippen molar-refractivity contribution in [2.75, 3.05) is 22.6 Å². The van der Waals surface area contributed by atoms with E-state index in [4.69, 9.17) is 4.74 Å². The average molecular weight is 690 g/mol. The number of ether oxygens (including phenoxy) is 2. The van der Waals surface area contributed by atoms with Gasteiger partial charge in [-0.15, -0.1) is 18.3 Å². The van der Waals surface area contributed by atoms with Crippen molar-refractivity contribution in [2.45, 2.75) is 25.9 Å². The second-order valence-electron chi connectivity index (χ2n) is 9.95. The van der Waals surface area contributed by atoms with E-state index in [1.54, 1.807) is 13.0 Å². The Bertz CT molecular complexity index is 1920. The standard InChI is InChI=1S/C30H21F6N7O4S/c1-17-2-9-24(46-11-10-29(31,32)33)23(12-17)43-25(44)15-48-28(43)40-27(45)39-22-8-3-18(13-19(22)14-37)26-38-16-42(41-26)20-4-6-21(7-5-20)47-30(34,35)36/h2-9,12-13,16H,10-11,15H2,1H3,(H,39,45). The second kappa shape index (κ2) is 13.7. The number of halogens is 6. The molecule has 5 rings (SSSR count). The van der Waals surface area contributed by atoms with Crippen molar-refractivity contribution in [1.82, 2.24) is 14.8 Å². The van der Waals surface area contributed by atoms with Gasteiger partial charge in [0.05, 0.1) is 41.4 Å². The highest BCUT2D eigenvalue weighted by Gasteiger charge is 2.34. The van der Waals surface area contributed by atoms with Crippen LogP contribution in [0.1, 0.15) is 17.5 Å². The number of hydrogen-bond acceptors (Lipinski definition) is 8. The molecule has 3 amide bonds. The van der Waals surface area contributed by atoms with Crippen LogP contribution >= 0.6 is 11.8 Å². The molecule has 248 valence electrons. The fraction of sp³-hybridized carbons (Fsp3) is 0.200. The molecule has 0 atom stereocenters. The van der Waals surface area contributed by atoms with Gasteiger partial charge in [-0.2, -0.15) is 23.4 Å². The minimum Gasteiger partial charge on any atom is -0.491 e. The highest BCUT2D eigenvalue weighted by Crippen LogP contribution is 2.36. The fourth-order valence-electron chi connectivity index (χ4n) is 4.32. The lowest BCUT2D eigenvalue weighted by Crippen LogP contribution is -2.31. The van der Waals surface area contributed by atoms with Crippen molar-refractivity contribution in [3.8, 4) is 34.6 Å². The number of hydrogen-bond donors (Lipinski definition) is 1. The Morgan fingerprint density at radius 1 is 1.08 bits per heavy atom. The molecule has 2 heterocycles. The van der Waals surface area contributed by atoms with Gasteiger partial charge in [0.25, 0.3) is 0 Å². The zero-order valence-electron chi connectivity index (χ0n) is 24.5. The van der Waals surface area contributed by atoms with Gasteiger partial charge in [0, 0.05) is 5.56 Å². The van der Waals surface area contributed by atoms with E-state index < -0.39 is 43.3 Å². The average Bonchev–Trinajstić information content (AvgIpc) is 3.64. The first kappa shape index (κ1) is 33.8. The van der Waals surface area contributed by atoms with Gasteiger partial charge in [0.1, 0.15) is 23.9 Å². The van der Waals surface area contributed by atoms with E-state index in [1.807, 2.05) is 6.07 Å². The summed E-state index contributed by atoms with van der Waals surface area (Å²) in [5, 5.41) is 16.5. The first-order chi connectivity index (χ1) is 22.7. The number of rotatable bonds is 8. The van der Waals surface area contributed by atoms with Crippen LogP contribution in [0.5, 0.6) is 11.5 Å². The third kappa shape index (κ3) is 8.41. The molecule has 48 heavy (non-hydrogen) atoms. The van der Waals surface area contributed by atoms with Crippen LogP contribution in [0.15, 0.2) is 72.0 Å². The maximum Gasteiger partial charge on any atom is 0.573 e. The number of aryl methyl sites for hydroxylation is 1. The molecule has 1 aliphatic heterocycles. The molecule has 3 aromatic carbocycles. The first-order valence-electron chi connectivity index (χ1n) is 13.7. The quantitative estimate of drug-likeness (QED) is 0.195. The number of carbonyl (C=O) groups excluding carboxylic acids is 2. The molecule has 1 aromatic heterocycles. The number of benzene rings is 3. The van der Waals surface area contributed by atoms with Crippen LogP contribution in [0.3, 0.4) is 0 Å². The SMILES string of the molecule is Cc1ccc(OCCC(F)(F)F)c(N2C(=O)CSC2=NC(=O)Nc2ccc(-c3ncn(-c4ccc(OC(F)(F)F)cc4)n3)cc2C#N)c1. The molecule has 18 heteroatoms. The Morgan fingerprint density at radius 3 is 2.52 bits per heavy atom. The maximum atomic E-state index is 13.0. The lowest BCUT2D eigenvalue weighted by molar-refractivity contribution is -0.274. The minimum absolute atomic E-state index is 0.000277. The topological polar surface area (TPSA) is 135 Å². The van der Waals surface area contributed by atoms with Crippen molar-refractivity contribution in [3.05, 3.63) is 78.1 Å². The number of alkyl halides is 6. The number of amides is 3. The summed E-state index contributed by atoms with van der Waals surface area (Å²) in [6.45, 7) is 1.03. The third-order valence-corrected chi connectivity index (χ3v) is 7.35. The van der Waals surface area contributed by atoms with Gasteiger partial charge in [-0.25, -0.2) is 14.5 Å². The van der Waals surface area contributed by atoms with Crippen molar-refractivity contribution < 1.29 is 45.4 Å². The Kier molecular flexibility index (Phi) is 9.61. The molecule has 0 unspecified atom stereocenters. The van der Waals surface area contributed by atoms with Crippen molar-refractivity contribution >= 4 is 40.2 Å². The van der Waals surface area contributed by atoms with E-state index in [9.17, 15) is 41.2 Å². The van der Waals surface area contributed by atoms with Crippen LogP contribution in [0.2, 0.25) is 0 Å². The Morgan fingerprint density at radius 2 is 1.83 bits per heavy atom. The number of nitriles is 1. The highest BCUT2D eigenvalue weighted by molar-refractivity contribution is 8.15. The molecular weight excluding hydrogens is 668 g/mol. The molecule has 11 nitrogen and oxygen atoms in total. The number of nitrogens with zero attached hydrogens (tertiary/aromatic N) is 6. The van der Waals surface area contributed by atoms with Gasteiger partial charge in [-0.1, -0.05) is 17.8 Å². The predicted octanol–water partition coefficient (Wildman–Crippen LogP) is 7.01. The van der Waals surface area contributed by atoms with E-state index >= 15 is 0 Å². The molecule has 0 aliphatic carbocycles. The van der Waals surface area contributed by atoms with E-state index in [1.165, 1.54) is 53.5 Å². The maximum absolute atomic E-state index is 13.0. The van der Waals surface area contributed by atoms with Gasteiger partial charge in [0.15, 0.2) is 11.0 Å². The summed E-state index contributed by atoms with van der Waals surface area (Å²) in [5.41, 5.74) is 1.65. The van der Waals surface area contributed by atoms with Crippen molar-refractivity contribution in [3.63, 3.8) is 0 Å². The van der Waals surface area contributed by atoms with Crippen LogP contribution in [-0.2, 0) is 4.79 Å². The van der Waals surface area contributed by atoms with Gasteiger partial charge in [-0.3, -0.25) is 9.69 Å². The first-order valence-corrected chi connectivity index (χ1v) is 14.7. The number of aromatic nitrogens is 3. The lowest BCUT2D eigenvalue weighted by Gasteiger charge is -2.20. The highest BCUT2D eigenvalue weighted by atomic mass is 32.2. The van der Waals surface area contributed by atoms with Gasteiger partial charge in [-0.05, 0) is 67.1 Å². The number of anilines is 2. The predicted molar refractivity (Wildman–Crippen MR) is 162 cm³/mol. The van der Waals surface area contributed by atoms with Crippen molar-refractivity contribution in [1.29, 1.82) is 5.26 Å². The van der Waals surface area contributed by atoms with Crippen molar-refractivity contribution in [2.24, 2.45) is 4.99 Å². The summed E-state index contributed by atoms with van der Waals surface area (Å²) in [4.78, 5) is 35.0. The van der Waals surface area contributed by atoms with E-state index in [2.05, 4.69) is 25.1 Å². The Hall–Kier alpha value is -5.57. The molecule has 0 radical (unpaired) electrons. The largest absolute Gasteiger partial charge is 0.573 e. The van der Waals surface area contributed by atoms with E-state index in [0.29, 0.717) is 16.8 Å². The Balaban J connectivity index is 1.32. The normalized spacial score (nSPS) is 14.2. The zero-order chi connectivity index (χ0) is 34.6. The summed E-state index contributed by atoms with van der Waals surface area (Å²) in [6, 6.07) is 14.8. The summed E-state index contributed by atoms with van der Waals surface area (Å²) in [6.07, 6.45) is -9.16. The number of amidine groups is 1. The second-order valence-corrected chi connectivity index (χ2v) is 10.9. The molecule has 1 N–H and O–H groups in total. The summed E-state index contributed by atoms with van der Waals surface area (Å²) in [7, 11) is 0. The number of aliphatic imine (C=N–C) groups is 1. The van der Waals surface area contributed by atoms with Crippen LogP contribution < -0.4 is 19.7 Å². The van der Waals surface area contributed by atoms with Gasteiger partial charge in [0.2, 0.25) is 5.91 Å². The van der Waals surface area contributed by atoms with E-state index in [0.717, 1.165) is 28.8 Å². The van der Waals surface area contributed by atoms with Crippen LogP contribution in [0, 0.1) is 18.3 Å². The molecule has 0 spiro atoms. The molecule has 0 bridgehead atoms. The third-order valence-electron chi connectivity index (χ3n) is 6.43. The molecule has 4 aromatic rings. The molecule has 1 saturated heterocycles. The van der Waals surface area contributed by atoms with Crippen LogP contribution in [-0.4, -0.2) is 56.8 Å². The summed E-state index contributed by atoms with van der Waals surface area (Å²) < 4.78 is 85.9. The molecule has 0 saturated carbocycles. The summed E-state index contributed by atoms with van der Waals surface area (Å²) >= 11 is 0.937. The summed E-state index contributed by atoms with van der Waals surface area (Å²) in [5.74, 6) is -0.807. The van der Waals surface area contributed by atoms with Crippen LogP contribution in [0.25, 0.3) is 17.1 Å². The van der Waals surface area contributed by atoms with Gasteiger partial charge >= 0.3 is 18.6 Å². The lowest BCUT2D eigenvalue weighted by atomic mass is 10.1. The van der Waals surface area contributed by atoms with E-state index in [-0.39, 0.29) is 39.4 Å². The zero-order valence-corrected chi connectivity index (χ0v) is 25.3. The Labute approximate surface area is 271 Å². The fourth-order valence-corrected chi connectivity index (χ4v) is 5.18. The number of urea groups is 1.